The molecule has 0 spiro atoms. The number of aryl methyl sites for hydroxylation is 1. The average molecular weight is 542 g/mol. The number of nitrogens with zero attached hydrogens (tertiary/aromatic N) is 4. The van der Waals surface area contributed by atoms with Gasteiger partial charge in [-0.25, -0.2) is 9.78 Å². The Morgan fingerprint density at radius 2 is 1.92 bits per heavy atom. The minimum absolute atomic E-state index is 0.213. The van der Waals surface area contributed by atoms with E-state index in [1.807, 2.05) is 0 Å². The van der Waals surface area contributed by atoms with Gasteiger partial charge in [-0.3, -0.25) is 19.9 Å². The second-order valence-corrected chi connectivity index (χ2v) is 9.52. The highest BCUT2D eigenvalue weighted by molar-refractivity contribution is 6.30. The summed E-state index contributed by atoms with van der Waals surface area (Å²) in [4.78, 5) is 47.1. The van der Waals surface area contributed by atoms with Gasteiger partial charge in [0.1, 0.15) is 28.3 Å². The molecule has 0 unspecified atom stereocenters. The molecule has 0 saturated heterocycles. The molecule has 1 fully saturated rings. The first-order valence-electron chi connectivity index (χ1n) is 12.2. The molecular weight excluding hydrogens is 514 g/mol. The Balaban J connectivity index is 1.47. The van der Waals surface area contributed by atoms with Gasteiger partial charge in [0.2, 0.25) is 11.7 Å². The van der Waals surface area contributed by atoms with E-state index in [1.165, 1.54) is 11.1 Å². The molecule has 0 aliphatic heterocycles. The maximum absolute atomic E-state index is 13.1. The fourth-order valence-corrected chi connectivity index (χ4v) is 4.84. The van der Waals surface area contributed by atoms with Crippen molar-refractivity contribution in [2.45, 2.75) is 45.6 Å². The van der Waals surface area contributed by atoms with Gasteiger partial charge in [0.15, 0.2) is 0 Å². The van der Waals surface area contributed by atoms with E-state index in [-0.39, 0.29) is 22.5 Å². The van der Waals surface area contributed by atoms with Crippen molar-refractivity contribution in [3.8, 4) is 11.5 Å². The number of rotatable bonds is 7. The van der Waals surface area contributed by atoms with Crippen molar-refractivity contribution in [1.29, 1.82) is 0 Å². The standard InChI is InChI=1S/C26H28ClN5O6/c1-14-21(30-26(36)37-15(2)17-9-6-12-28-23(17)27)22(38-31-14)20-11-10-16(13-29-20)32(3)24(33)18-7-4-5-8-19(18)25(34)35/h6,9-13,15,18-19H,4-5,7-8H2,1-3H3,(H,30,36)(H,34,35)/t15-,18+,19+/m1/s1. The maximum atomic E-state index is 13.1. The number of halogens is 1. The highest BCUT2D eigenvalue weighted by Crippen LogP contribution is 2.34. The molecule has 2 amide bonds. The molecule has 0 radical (unpaired) electrons. The highest BCUT2D eigenvalue weighted by atomic mass is 35.5. The highest BCUT2D eigenvalue weighted by Gasteiger charge is 2.37. The lowest BCUT2D eigenvalue weighted by atomic mass is 9.78. The van der Waals surface area contributed by atoms with E-state index in [4.69, 9.17) is 20.9 Å². The molecule has 3 atom stereocenters. The largest absolute Gasteiger partial charge is 0.481 e. The lowest BCUT2D eigenvalue weighted by molar-refractivity contribution is -0.148. The van der Waals surface area contributed by atoms with Crippen molar-refractivity contribution in [3.05, 3.63) is 53.1 Å². The van der Waals surface area contributed by atoms with Gasteiger partial charge in [0.05, 0.1) is 23.7 Å². The number of carbonyl (C=O) groups is 3. The van der Waals surface area contributed by atoms with Crippen LogP contribution in [0.15, 0.2) is 41.2 Å². The molecule has 1 aliphatic carbocycles. The predicted molar refractivity (Wildman–Crippen MR) is 139 cm³/mol. The van der Waals surface area contributed by atoms with E-state index in [1.54, 1.807) is 51.4 Å². The lowest BCUT2D eigenvalue weighted by Crippen LogP contribution is -2.40. The molecule has 3 aromatic heterocycles. The van der Waals surface area contributed by atoms with Crippen molar-refractivity contribution in [2.24, 2.45) is 11.8 Å². The SMILES string of the molecule is Cc1noc(-c2ccc(N(C)C(=O)[C@H]3CCCC[C@@H]3C(=O)O)cn2)c1NC(=O)O[C@H](C)c1cccnc1Cl. The Morgan fingerprint density at radius 1 is 1.18 bits per heavy atom. The third-order valence-electron chi connectivity index (χ3n) is 6.70. The van der Waals surface area contributed by atoms with E-state index < -0.39 is 30.0 Å². The van der Waals surface area contributed by atoms with Crippen LogP contribution in [-0.4, -0.2) is 45.2 Å². The van der Waals surface area contributed by atoms with Crippen LogP contribution in [0.25, 0.3) is 11.5 Å². The van der Waals surface area contributed by atoms with Crippen LogP contribution in [0.4, 0.5) is 16.2 Å². The van der Waals surface area contributed by atoms with Gasteiger partial charge < -0.3 is 19.3 Å². The smallest absolute Gasteiger partial charge is 0.412 e. The van der Waals surface area contributed by atoms with Crippen LogP contribution < -0.4 is 10.2 Å². The van der Waals surface area contributed by atoms with Crippen molar-refractivity contribution in [1.82, 2.24) is 15.1 Å². The van der Waals surface area contributed by atoms with E-state index in [9.17, 15) is 19.5 Å². The second-order valence-electron chi connectivity index (χ2n) is 9.16. The molecule has 1 aliphatic rings. The summed E-state index contributed by atoms with van der Waals surface area (Å²) < 4.78 is 10.9. The molecule has 200 valence electrons. The number of pyridine rings is 2. The van der Waals surface area contributed by atoms with E-state index >= 15 is 0 Å². The molecular formula is C26H28ClN5O6. The molecule has 0 bridgehead atoms. The fourth-order valence-electron chi connectivity index (χ4n) is 4.57. The first kappa shape index (κ1) is 27.1. The Morgan fingerprint density at radius 3 is 2.58 bits per heavy atom. The van der Waals surface area contributed by atoms with Crippen LogP contribution in [0, 0.1) is 18.8 Å². The Hall–Kier alpha value is -3.99. The van der Waals surface area contributed by atoms with Crippen LogP contribution >= 0.6 is 11.6 Å². The van der Waals surface area contributed by atoms with Crippen molar-refractivity contribution in [3.63, 3.8) is 0 Å². The fraction of sp³-hybridized carbons (Fsp3) is 0.385. The number of carbonyl (C=O) groups excluding carboxylic acids is 2. The molecule has 12 heteroatoms. The van der Waals surface area contributed by atoms with Crippen LogP contribution in [-0.2, 0) is 14.3 Å². The quantitative estimate of drug-likeness (QED) is 0.382. The average Bonchev–Trinajstić information content (AvgIpc) is 3.27. The first-order valence-corrected chi connectivity index (χ1v) is 12.6. The van der Waals surface area contributed by atoms with E-state index in [0.717, 1.165) is 12.8 Å². The van der Waals surface area contributed by atoms with Gasteiger partial charge >= 0.3 is 12.1 Å². The van der Waals surface area contributed by atoms with Crippen molar-refractivity contribution in [2.75, 3.05) is 17.3 Å². The van der Waals surface area contributed by atoms with Gasteiger partial charge in [0.25, 0.3) is 0 Å². The summed E-state index contributed by atoms with van der Waals surface area (Å²) in [5, 5.41) is 16.4. The number of amides is 2. The number of ether oxygens (including phenoxy) is 1. The second kappa shape index (κ2) is 11.6. The number of aliphatic carboxylic acids is 1. The summed E-state index contributed by atoms with van der Waals surface area (Å²) >= 11 is 6.09. The summed E-state index contributed by atoms with van der Waals surface area (Å²) in [6.45, 7) is 3.34. The molecule has 11 nitrogen and oxygen atoms in total. The van der Waals surface area contributed by atoms with Crippen LogP contribution in [0.5, 0.6) is 0 Å². The minimum atomic E-state index is -0.943. The number of hydrogen-bond acceptors (Lipinski definition) is 8. The zero-order valence-corrected chi connectivity index (χ0v) is 21.9. The normalized spacial score (nSPS) is 17.9. The summed E-state index contributed by atoms with van der Waals surface area (Å²) in [6.07, 6.45) is 4.29. The van der Waals surface area contributed by atoms with Crippen LogP contribution in [0.3, 0.4) is 0 Å². The Kier molecular flexibility index (Phi) is 8.26. The molecule has 38 heavy (non-hydrogen) atoms. The van der Waals surface area contributed by atoms with Crippen LogP contribution in [0.1, 0.15) is 50.0 Å². The maximum Gasteiger partial charge on any atom is 0.412 e. The molecule has 1 saturated carbocycles. The molecule has 2 N–H and O–H groups in total. The third kappa shape index (κ3) is 5.77. The number of nitrogens with one attached hydrogen (secondary N) is 1. The minimum Gasteiger partial charge on any atom is -0.481 e. The monoisotopic (exact) mass is 541 g/mol. The number of carboxylic acid groups (broad SMARTS) is 1. The molecule has 4 rings (SSSR count). The summed E-state index contributed by atoms with van der Waals surface area (Å²) in [6, 6.07) is 6.71. The van der Waals surface area contributed by atoms with Gasteiger partial charge in [-0.1, -0.05) is 35.7 Å². The number of hydrogen-bond donors (Lipinski definition) is 2. The number of anilines is 2. The number of aromatic nitrogens is 3. The molecule has 3 heterocycles. The molecule has 3 aromatic rings. The predicted octanol–water partition coefficient (Wildman–Crippen LogP) is 5.26. The number of carboxylic acids is 1. The van der Waals surface area contributed by atoms with Crippen molar-refractivity contribution < 1.29 is 28.8 Å². The van der Waals surface area contributed by atoms with Crippen LogP contribution in [0.2, 0.25) is 5.15 Å². The summed E-state index contributed by atoms with van der Waals surface area (Å²) in [5.41, 5.74) is 2.14. The van der Waals surface area contributed by atoms with Gasteiger partial charge in [-0.2, -0.15) is 0 Å². The summed E-state index contributed by atoms with van der Waals surface area (Å²) in [7, 11) is 1.60. The Bertz CT molecular complexity index is 1330. The van der Waals surface area contributed by atoms with E-state index in [2.05, 4.69) is 20.4 Å². The summed E-state index contributed by atoms with van der Waals surface area (Å²) in [5.74, 6) is -2.25. The van der Waals surface area contributed by atoms with E-state index in [0.29, 0.717) is 35.5 Å². The Labute approximate surface area is 224 Å². The lowest BCUT2D eigenvalue weighted by Gasteiger charge is -2.30. The van der Waals surface area contributed by atoms with Crippen molar-refractivity contribution >= 4 is 40.9 Å². The zero-order chi connectivity index (χ0) is 27.4. The zero-order valence-electron chi connectivity index (χ0n) is 21.2. The topological polar surface area (TPSA) is 148 Å². The van der Waals surface area contributed by atoms with Gasteiger partial charge in [-0.05, 0) is 44.9 Å². The molecule has 0 aromatic carbocycles. The van der Waals surface area contributed by atoms with Gasteiger partial charge in [0, 0.05) is 18.8 Å². The van der Waals surface area contributed by atoms with Gasteiger partial charge in [-0.15, -0.1) is 0 Å². The first-order chi connectivity index (χ1) is 18.2. The third-order valence-corrected chi connectivity index (χ3v) is 7.01.